The summed E-state index contributed by atoms with van der Waals surface area (Å²) < 4.78 is 122. The molecule has 2 aromatic carbocycles. The molecule has 6 saturated heterocycles. The average Bonchev–Trinajstić information content (AvgIpc) is 1.56. The van der Waals surface area contributed by atoms with Crippen LogP contribution in [0.15, 0.2) is 139 Å². The zero-order valence-electron chi connectivity index (χ0n) is 70.5. The Balaban J connectivity index is 0.000000199. The monoisotopic (exact) mass is 1920 g/mol. The van der Waals surface area contributed by atoms with Crippen molar-refractivity contribution in [3.8, 4) is 0 Å². The van der Waals surface area contributed by atoms with Gasteiger partial charge in [-0.15, -0.1) is 0 Å². The molecule has 0 saturated carbocycles. The summed E-state index contributed by atoms with van der Waals surface area (Å²) in [6, 6.07) is 22.8. The lowest BCUT2D eigenvalue weighted by atomic mass is 9.96. The second-order valence-electron chi connectivity index (χ2n) is 30.4. The van der Waals surface area contributed by atoms with Gasteiger partial charge in [0.15, 0.2) is 106 Å². The van der Waals surface area contributed by atoms with E-state index in [4.69, 9.17) is 102 Å². The molecule has 4 bridgehead atoms. The van der Waals surface area contributed by atoms with Crippen LogP contribution in [0.4, 0.5) is 41.9 Å². The van der Waals surface area contributed by atoms with Crippen LogP contribution in [-0.2, 0) is 98.2 Å². The molecule has 4 amide bonds. The van der Waals surface area contributed by atoms with Gasteiger partial charge in [0.1, 0.15) is 73.7 Å². The summed E-state index contributed by atoms with van der Waals surface area (Å²) in [5.41, 5.74) is -3.17. The first-order chi connectivity index (χ1) is 63.5. The number of nitrogens with one attached hydrogen (secondary N) is 6. The summed E-state index contributed by atoms with van der Waals surface area (Å²) >= 11 is 11.7. The SMILES string of the molecule is N.[C-]#[N+]CCOP(=S)(OC[C@H]1O[C@@H](n2cnc3c(=O)[nH]c(NC(=O)C(C)C)nc32)[C@H](OC(=O)O)[C@H]1F)O[C@H]1[C@H]2OC[C@]1(CC)O[C@H]2n1cnc2c(NC(=O)c3ccccc3)ncnc21.[C-]#[N+]CCOP(=S)(OC[C@H]1O[C@@H](n2cnc3c(=O)[nH]c(NC(=O)C(C)C)nc32)[C@H](OC(=O)O)[C@H]1F)O[C@H]1[C@H]2OC[C@]1(CO)O[C@H]2n1cnc2c(NC(=O)c3ccccc3)ncnc21.c1ccncc1. The molecule has 55 heteroatoms. The van der Waals surface area contributed by atoms with Gasteiger partial charge in [0, 0.05) is 35.4 Å². The van der Waals surface area contributed by atoms with Gasteiger partial charge in [-0.05, 0) is 66.4 Å². The van der Waals surface area contributed by atoms with Crippen LogP contribution in [0.5, 0.6) is 0 Å². The molecular formula is C78H84F2N24O25P2S2. The minimum atomic E-state index is -4.07. The van der Waals surface area contributed by atoms with E-state index in [1.165, 1.54) is 29.9 Å². The Morgan fingerprint density at radius 1 is 0.556 bits per heavy atom. The largest absolute Gasteiger partial charge is 0.506 e. The fourth-order valence-electron chi connectivity index (χ4n) is 14.8. The number of halogens is 2. The predicted octanol–water partition coefficient (Wildman–Crippen LogP) is 7.31. The normalized spacial score (nSPS) is 25.2. The number of hydrogen-bond acceptors (Lipinski definition) is 37. The number of fused-ring (bicyclic) bond motifs is 8. The van der Waals surface area contributed by atoms with Gasteiger partial charge in [0.05, 0.1) is 58.3 Å². The van der Waals surface area contributed by atoms with Crippen LogP contribution < -0.4 is 38.5 Å². The number of pyridine rings is 1. The van der Waals surface area contributed by atoms with Crippen molar-refractivity contribution >= 4 is 141 Å². The van der Waals surface area contributed by atoms with Crippen LogP contribution in [0.2, 0.25) is 0 Å². The number of carbonyl (C=O) groups is 6. The van der Waals surface area contributed by atoms with Gasteiger partial charge in [0.25, 0.3) is 22.9 Å². The quantitative estimate of drug-likeness (QED) is 0.00854. The Labute approximate surface area is 759 Å². The maximum Gasteiger partial charge on any atom is 0.506 e. The minimum absolute atomic E-state index is 0. The molecule has 18 atom stereocenters. The molecular weight excluding hydrogens is 1840 g/mol. The van der Waals surface area contributed by atoms with E-state index in [0.29, 0.717) is 23.2 Å². The predicted molar refractivity (Wildman–Crippen MR) is 463 cm³/mol. The molecule has 9 aromatic heterocycles. The molecule has 2 unspecified atom stereocenters. The first-order valence-electron chi connectivity index (χ1n) is 40.4. The van der Waals surface area contributed by atoms with Crippen molar-refractivity contribution < 1.29 is 118 Å². The van der Waals surface area contributed by atoms with Crippen LogP contribution in [0.1, 0.15) is 86.7 Å². The van der Waals surface area contributed by atoms with Gasteiger partial charge >= 0.3 is 25.7 Å². The number of rotatable bonds is 32. The summed E-state index contributed by atoms with van der Waals surface area (Å²) in [6.45, 7) is 11.9. The van der Waals surface area contributed by atoms with Gasteiger partial charge in [-0.1, -0.05) is 77.1 Å². The lowest BCUT2D eigenvalue weighted by Gasteiger charge is -2.32. The number of carbonyl (C=O) groups excluding carboxylic acids is 4. The van der Waals surface area contributed by atoms with Crippen LogP contribution in [0.3, 0.4) is 0 Å². The summed E-state index contributed by atoms with van der Waals surface area (Å²) in [5.74, 6) is -2.93. The van der Waals surface area contributed by atoms with Crippen LogP contribution in [0, 0.1) is 25.0 Å². The van der Waals surface area contributed by atoms with Gasteiger partial charge in [-0.2, -0.15) is 9.97 Å². The van der Waals surface area contributed by atoms with Gasteiger partial charge in [-0.3, -0.25) is 81.7 Å². The first-order valence-corrected chi connectivity index (χ1v) is 45.5. The molecule has 6 aliphatic heterocycles. The number of anilines is 4. The molecule has 12 N–H and O–H groups in total. The third-order valence-electron chi connectivity index (χ3n) is 21.3. The average molecular weight is 1920 g/mol. The Kier molecular flexibility index (Phi) is 29.9. The van der Waals surface area contributed by atoms with Crippen molar-refractivity contribution in [2.24, 2.45) is 11.8 Å². The number of ether oxygens (including phenoxy) is 8. The van der Waals surface area contributed by atoms with Crippen molar-refractivity contribution in [2.75, 3.05) is 80.6 Å². The van der Waals surface area contributed by atoms with Gasteiger partial charge < -0.3 is 97.8 Å². The lowest BCUT2D eigenvalue weighted by molar-refractivity contribution is -0.185. The van der Waals surface area contributed by atoms with E-state index in [0.717, 1.165) is 21.8 Å². The second-order valence-corrected chi connectivity index (χ2v) is 36.3. The Hall–Kier alpha value is -12.6. The summed E-state index contributed by atoms with van der Waals surface area (Å²) in [7, 11) is 0. The van der Waals surface area contributed by atoms with E-state index in [1.807, 2.05) is 25.1 Å². The molecule has 0 radical (unpaired) electrons. The molecule has 6 aliphatic rings. The first kappa shape index (κ1) is 96.4. The number of aliphatic hydroxyl groups is 1. The minimum Gasteiger partial charge on any atom is -0.450 e. The molecule has 0 spiro atoms. The van der Waals surface area contributed by atoms with Crippen molar-refractivity contribution in [1.29, 1.82) is 0 Å². The van der Waals surface area contributed by atoms with E-state index in [9.17, 15) is 53.7 Å². The smallest absolute Gasteiger partial charge is 0.450 e. The van der Waals surface area contributed by atoms with E-state index in [-0.39, 0.29) is 108 Å². The van der Waals surface area contributed by atoms with Gasteiger partial charge in [0.2, 0.25) is 36.8 Å². The van der Waals surface area contributed by atoms with Crippen molar-refractivity contribution in [1.82, 2.24) is 89.2 Å². The Morgan fingerprint density at radius 2 is 0.947 bits per heavy atom. The molecule has 702 valence electrons. The highest BCUT2D eigenvalue weighted by atomic mass is 32.5. The van der Waals surface area contributed by atoms with Crippen LogP contribution in [-0.4, -0.2) is 266 Å². The van der Waals surface area contributed by atoms with Gasteiger partial charge in [-0.25, -0.2) is 71.4 Å². The third kappa shape index (κ3) is 20.5. The number of benzene rings is 2. The maximum atomic E-state index is 16.3. The van der Waals surface area contributed by atoms with E-state index in [1.54, 1.807) is 105 Å². The van der Waals surface area contributed by atoms with Crippen LogP contribution in [0.25, 0.3) is 54.3 Å². The van der Waals surface area contributed by atoms with E-state index >= 15 is 8.78 Å². The number of amides is 4. The number of aromatic amines is 2. The standard InChI is InChI=1S/C37H39FN11O12PS.C36H37FN11O13PS.C5H5N.H3N/c1-5-37-14-55-25(34(60-37)48-16-42-22-27(40-15-41-28(22)48)44-31(51)19-9-7-6-8-10-19)26(37)61-62(63,56-12-11-39-4)57-13-20-21(38)24(59-36(53)54)33(58-20)49-17-43-23-29(49)45-35(47-32(23)52)46-30(50)18(2)3;1-17(2)29(50)45-34-44-28-22(31(52)46-34)42-16-48(28)32-23(59-35(53)54)20(37)19(58-32)11-57-62(63,56-10-9-38-3)61-25-24-33(60-36(25,12-49)13-55-24)47-15-41-21-26(39-14-40-27(21)47)43-30(51)18-7-5-4-6-8-18;1-2-4-6-5-3-1;/h6-10,15-18,20-21,24-26,33-34H,5,11-14H2,1-3H3,(H,53,54)(H,40,41,44,51)(H2,45,46,47,50,52);4-8,14-17,19-20,23-25,32-33,49H,9-13H2,1-2H3,(H,53,54)(H,39,40,43,51)(H2,44,45,46,50,52);1-5H;1H3/t20-,21+,24-,25-,26+,33-,34-,37+,62?;19-,20+,23-,24-,25+,32-,33-,36+,62?;;/m11../s1. The van der Waals surface area contributed by atoms with Crippen molar-refractivity contribution in [3.05, 3.63) is 184 Å². The molecule has 133 heavy (non-hydrogen) atoms. The number of H-pyrrole nitrogens is 2. The molecule has 6 fully saturated rings. The molecule has 49 nitrogen and oxygen atoms in total. The fraction of sp³-hybridized carbons (Fsp3) is 0.423. The number of hydrogen-bond donors (Lipinski definition) is 10. The molecule has 15 heterocycles. The summed E-state index contributed by atoms with van der Waals surface area (Å²) in [6.07, 6.45) is -12.7. The molecule has 11 aromatic rings. The summed E-state index contributed by atoms with van der Waals surface area (Å²) in [5, 5.41) is 40.3. The number of aromatic nitrogens is 17. The van der Waals surface area contributed by atoms with Crippen LogP contribution >= 0.6 is 13.4 Å². The molecule has 0 aliphatic carbocycles. The lowest BCUT2D eigenvalue weighted by Crippen LogP contribution is -2.45. The summed E-state index contributed by atoms with van der Waals surface area (Å²) in [4.78, 5) is 158. The zero-order valence-corrected chi connectivity index (χ0v) is 74.0. The van der Waals surface area contributed by atoms with Crippen molar-refractivity contribution in [2.45, 2.75) is 138 Å². The van der Waals surface area contributed by atoms with Crippen molar-refractivity contribution in [3.63, 3.8) is 0 Å². The highest BCUT2D eigenvalue weighted by Gasteiger charge is 2.66. The Bertz CT molecular complexity index is 6030. The number of aliphatic hydroxyl groups excluding tert-OH is 1. The number of carboxylic acid groups (broad SMARTS) is 2. The zero-order chi connectivity index (χ0) is 93.5. The van der Waals surface area contributed by atoms with E-state index in [2.05, 4.69) is 95.7 Å². The number of nitrogens with zero attached hydrogens (tertiary/aromatic N) is 17. The maximum absolute atomic E-state index is 16.3. The number of imidazole rings is 4. The third-order valence-corrected chi connectivity index (χ3v) is 26.0. The molecule has 17 rings (SSSR count). The Morgan fingerprint density at radius 3 is 1.32 bits per heavy atom. The topological polar surface area (TPSA) is 611 Å². The highest BCUT2D eigenvalue weighted by Crippen LogP contribution is 2.61. The highest BCUT2D eigenvalue weighted by molar-refractivity contribution is 8.07. The fourth-order valence-corrected chi connectivity index (χ4v) is 19.0. The second kappa shape index (κ2) is 41.3. The number of alkyl halides is 2. The van der Waals surface area contributed by atoms with E-state index < -0.39 is 189 Å².